The van der Waals surface area contributed by atoms with Crippen LogP contribution in [-0.2, 0) is 16.3 Å². The Morgan fingerprint density at radius 2 is 2.40 bits per heavy atom. The molecule has 0 heterocycles. The standard InChI is InChI=1S/C3H8ClN2OPS2/c1-7-8(10,2-4)6-3(5)9/h2H2,1H3,(H3,5,6,9,10). The van der Waals surface area contributed by atoms with Crippen LogP contribution in [0.2, 0.25) is 0 Å². The van der Waals surface area contributed by atoms with Gasteiger partial charge in [0.2, 0.25) is 0 Å². The van der Waals surface area contributed by atoms with Crippen molar-refractivity contribution in [2.75, 3.05) is 12.7 Å². The minimum Gasteiger partial charge on any atom is -0.376 e. The van der Waals surface area contributed by atoms with Gasteiger partial charge in [0.05, 0.1) is 5.62 Å². The highest BCUT2D eigenvalue weighted by molar-refractivity contribution is 8.12. The third-order valence-corrected chi connectivity index (χ3v) is 5.02. The Balaban J connectivity index is 4.07. The van der Waals surface area contributed by atoms with Crippen molar-refractivity contribution in [3.05, 3.63) is 0 Å². The van der Waals surface area contributed by atoms with Crippen molar-refractivity contribution in [1.82, 2.24) is 5.09 Å². The fourth-order valence-electron chi connectivity index (χ4n) is 0.292. The first-order chi connectivity index (χ1) is 4.54. The highest BCUT2D eigenvalue weighted by Crippen LogP contribution is 2.42. The van der Waals surface area contributed by atoms with E-state index in [9.17, 15) is 0 Å². The Bertz CT molecular complexity index is 168. The molecule has 0 aliphatic heterocycles. The van der Waals surface area contributed by atoms with Gasteiger partial charge in [-0.2, -0.15) is 0 Å². The Hall–Kier alpha value is 0.590. The second-order valence-corrected chi connectivity index (χ2v) is 6.55. The molecular formula is C3H8ClN2OPS2. The number of nitrogens with two attached hydrogens (primary N) is 1. The van der Waals surface area contributed by atoms with Crippen LogP contribution in [0.25, 0.3) is 0 Å². The number of thiocarbonyl (C=S) groups is 1. The van der Waals surface area contributed by atoms with E-state index in [-0.39, 0.29) is 10.7 Å². The molecule has 10 heavy (non-hydrogen) atoms. The van der Waals surface area contributed by atoms with Crippen LogP contribution in [0.4, 0.5) is 0 Å². The first kappa shape index (κ1) is 10.6. The lowest BCUT2D eigenvalue weighted by molar-refractivity contribution is 0.458. The van der Waals surface area contributed by atoms with E-state index in [1.165, 1.54) is 7.11 Å². The molecule has 0 aromatic heterocycles. The van der Waals surface area contributed by atoms with Gasteiger partial charge >= 0.3 is 0 Å². The number of alkyl halides is 1. The monoisotopic (exact) mass is 218 g/mol. The lowest BCUT2D eigenvalue weighted by Gasteiger charge is -2.17. The molecule has 0 amide bonds. The van der Waals surface area contributed by atoms with Gasteiger partial charge in [-0.05, 0) is 24.0 Å². The molecule has 0 rings (SSSR count). The van der Waals surface area contributed by atoms with Crippen LogP contribution in [0.3, 0.4) is 0 Å². The van der Waals surface area contributed by atoms with Crippen molar-refractivity contribution < 1.29 is 4.52 Å². The molecule has 0 aliphatic carbocycles. The smallest absolute Gasteiger partial charge is 0.169 e. The predicted octanol–water partition coefficient (Wildman–Crippen LogP) is 0.972. The van der Waals surface area contributed by atoms with E-state index in [2.05, 4.69) is 17.3 Å². The number of halogens is 1. The molecule has 0 radical (unpaired) electrons. The first-order valence-corrected chi connectivity index (χ1v) is 6.17. The van der Waals surface area contributed by atoms with Gasteiger partial charge in [-0.15, -0.1) is 11.6 Å². The summed E-state index contributed by atoms with van der Waals surface area (Å²) in [5, 5.41) is 2.77. The summed E-state index contributed by atoms with van der Waals surface area (Å²) in [5.74, 6) is 0. The summed E-state index contributed by atoms with van der Waals surface area (Å²) in [7, 11) is 1.48. The van der Waals surface area contributed by atoms with Gasteiger partial charge in [0.15, 0.2) is 11.5 Å². The molecule has 0 saturated carbocycles. The Labute approximate surface area is 75.4 Å². The second-order valence-electron chi connectivity index (χ2n) is 1.45. The topological polar surface area (TPSA) is 47.3 Å². The molecule has 1 atom stereocenters. The average molecular weight is 219 g/mol. The van der Waals surface area contributed by atoms with Crippen LogP contribution in [0.15, 0.2) is 0 Å². The zero-order valence-corrected chi connectivity index (χ0v) is 8.62. The fraction of sp³-hybridized carbons (Fsp3) is 0.667. The normalized spacial score (nSPS) is 15.8. The van der Waals surface area contributed by atoms with Crippen LogP contribution in [-0.4, -0.2) is 17.8 Å². The Morgan fingerprint density at radius 1 is 1.90 bits per heavy atom. The zero-order valence-electron chi connectivity index (χ0n) is 5.33. The number of rotatable bonds is 3. The van der Waals surface area contributed by atoms with E-state index in [1.54, 1.807) is 0 Å². The van der Waals surface area contributed by atoms with Crippen LogP contribution in [0.1, 0.15) is 0 Å². The minimum atomic E-state index is -2.15. The molecule has 1 unspecified atom stereocenters. The summed E-state index contributed by atoms with van der Waals surface area (Å²) >= 11 is 15.0. The average Bonchev–Trinajstić information content (AvgIpc) is 1.87. The van der Waals surface area contributed by atoms with Gasteiger partial charge < -0.3 is 15.3 Å². The second kappa shape index (κ2) is 4.46. The van der Waals surface area contributed by atoms with Crippen molar-refractivity contribution in [2.45, 2.75) is 0 Å². The van der Waals surface area contributed by atoms with Gasteiger partial charge in [0.25, 0.3) is 0 Å². The quantitative estimate of drug-likeness (QED) is 0.420. The van der Waals surface area contributed by atoms with Crippen LogP contribution in [0, 0.1) is 0 Å². The Kier molecular flexibility index (Phi) is 4.73. The molecule has 0 saturated heterocycles. The lowest BCUT2D eigenvalue weighted by Crippen LogP contribution is -2.27. The molecule has 0 aliphatic rings. The first-order valence-electron chi connectivity index (χ1n) is 2.32. The van der Waals surface area contributed by atoms with E-state index >= 15 is 0 Å². The molecule has 0 aromatic carbocycles. The highest BCUT2D eigenvalue weighted by atomic mass is 35.5. The number of nitrogens with one attached hydrogen (secondary N) is 1. The van der Waals surface area contributed by atoms with E-state index in [0.29, 0.717) is 0 Å². The van der Waals surface area contributed by atoms with E-state index in [4.69, 9.17) is 33.7 Å². The third-order valence-electron chi connectivity index (χ3n) is 0.733. The van der Waals surface area contributed by atoms with Gasteiger partial charge in [0.1, 0.15) is 0 Å². The summed E-state index contributed by atoms with van der Waals surface area (Å²) < 4.78 is 4.91. The maximum absolute atomic E-state index is 5.50. The van der Waals surface area contributed by atoms with Crippen molar-refractivity contribution in [3.8, 4) is 0 Å². The van der Waals surface area contributed by atoms with Gasteiger partial charge in [0, 0.05) is 7.11 Å². The SMILES string of the molecule is COP(=S)(CCl)NC(N)=S. The maximum Gasteiger partial charge on any atom is 0.169 e. The largest absolute Gasteiger partial charge is 0.376 e. The van der Waals surface area contributed by atoms with E-state index < -0.39 is 6.42 Å². The lowest BCUT2D eigenvalue weighted by atomic mass is 11.3. The van der Waals surface area contributed by atoms with Gasteiger partial charge in [-0.3, -0.25) is 0 Å². The van der Waals surface area contributed by atoms with Gasteiger partial charge in [-0.1, -0.05) is 0 Å². The fourth-order valence-corrected chi connectivity index (χ4v) is 2.26. The number of hydrogen-bond donors (Lipinski definition) is 2. The van der Waals surface area contributed by atoms with Crippen LogP contribution in [0.5, 0.6) is 0 Å². The number of hydrogen-bond acceptors (Lipinski definition) is 3. The molecule has 0 bridgehead atoms. The summed E-state index contributed by atoms with van der Waals surface area (Å²) in [6.45, 7) is 0. The van der Waals surface area contributed by atoms with Crippen LogP contribution < -0.4 is 10.8 Å². The van der Waals surface area contributed by atoms with Gasteiger partial charge in [-0.25, -0.2) is 0 Å². The van der Waals surface area contributed by atoms with Crippen molar-refractivity contribution in [2.24, 2.45) is 5.73 Å². The summed E-state index contributed by atoms with van der Waals surface area (Å²) in [5.41, 5.74) is 5.39. The molecule has 0 spiro atoms. The molecule has 0 fully saturated rings. The molecule has 60 valence electrons. The molecule has 3 N–H and O–H groups in total. The molecular weight excluding hydrogens is 211 g/mol. The summed E-state index contributed by atoms with van der Waals surface area (Å²) in [4.78, 5) is 0. The third kappa shape index (κ3) is 3.68. The molecule has 7 heteroatoms. The highest BCUT2D eigenvalue weighted by Gasteiger charge is 2.13. The van der Waals surface area contributed by atoms with Crippen molar-refractivity contribution >= 4 is 47.2 Å². The van der Waals surface area contributed by atoms with E-state index in [1.807, 2.05) is 0 Å². The summed E-state index contributed by atoms with van der Waals surface area (Å²) in [6, 6.07) is 0. The van der Waals surface area contributed by atoms with E-state index in [0.717, 1.165) is 0 Å². The van der Waals surface area contributed by atoms with Crippen molar-refractivity contribution in [3.63, 3.8) is 0 Å². The zero-order chi connectivity index (χ0) is 8.20. The van der Waals surface area contributed by atoms with Crippen LogP contribution >= 0.6 is 30.2 Å². The minimum absolute atomic E-state index is 0.130. The molecule has 3 nitrogen and oxygen atoms in total. The molecule has 0 aromatic rings. The predicted molar refractivity (Wildman–Crippen MR) is 51.9 cm³/mol. The van der Waals surface area contributed by atoms with Crippen molar-refractivity contribution in [1.29, 1.82) is 0 Å². The Morgan fingerprint density at radius 3 is 2.50 bits per heavy atom. The summed E-state index contributed by atoms with van der Waals surface area (Å²) in [6.07, 6.45) is -2.15. The maximum atomic E-state index is 5.50.